The Morgan fingerprint density at radius 1 is 1.27 bits per heavy atom. The molecule has 2 aliphatic rings. The minimum absolute atomic E-state index is 0.0764. The number of amides is 1. The highest BCUT2D eigenvalue weighted by atomic mass is 35.5. The molecule has 22 heavy (non-hydrogen) atoms. The van der Waals surface area contributed by atoms with Gasteiger partial charge in [-0.2, -0.15) is 0 Å². The van der Waals surface area contributed by atoms with Crippen molar-refractivity contribution >= 4 is 17.5 Å². The number of likely N-dealkylation sites (tertiary alicyclic amines) is 1. The van der Waals surface area contributed by atoms with Crippen molar-refractivity contribution in [2.75, 3.05) is 32.8 Å². The largest absolute Gasteiger partial charge is 0.379 e. The Hall–Kier alpha value is -1.17. The van der Waals surface area contributed by atoms with E-state index in [2.05, 4.69) is 4.90 Å². The summed E-state index contributed by atoms with van der Waals surface area (Å²) in [4.78, 5) is 16.6. The summed E-state index contributed by atoms with van der Waals surface area (Å²) in [6, 6.07) is 4.52. The maximum atomic E-state index is 13.9. The normalized spacial score (nSPS) is 23.8. The van der Waals surface area contributed by atoms with Crippen LogP contribution in [0.1, 0.15) is 18.4 Å². The first kappa shape index (κ1) is 15.7. The van der Waals surface area contributed by atoms with Gasteiger partial charge in [0.15, 0.2) is 0 Å². The quantitative estimate of drug-likeness (QED) is 0.854. The summed E-state index contributed by atoms with van der Waals surface area (Å²) in [5.74, 6) is -0.277. The second-order valence-corrected chi connectivity index (χ2v) is 6.17. The Kier molecular flexibility index (Phi) is 4.96. The molecule has 0 radical (unpaired) electrons. The van der Waals surface area contributed by atoms with E-state index < -0.39 is 0 Å². The van der Waals surface area contributed by atoms with Crippen LogP contribution in [0.2, 0.25) is 5.02 Å². The predicted octanol–water partition coefficient (Wildman–Crippen LogP) is 2.30. The van der Waals surface area contributed by atoms with E-state index in [1.807, 2.05) is 0 Å². The molecule has 2 aliphatic heterocycles. The second-order valence-electron chi connectivity index (χ2n) is 5.77. The van der Waals surface area contributed by atoms with Crippen LogP contribution in [0.15, 0.2) is 18.2 Å². The number of morpholine rings is 1. The molecule has 120 valence electrons. The molecule has 2 fully saturated rings. The number of hydrogen-bond donors (Lipinski definition) is 0. The van der Waals surface area contributed by atoms with Gasteiger partial charge in [-0.1, -0.05) is 17.7 Å². The minimum Gasteiger partial charge on any atom is -0.379 e. The number of piperidine rings is 1. The third-order valence-corrected chi connectivity index (χ3v) is 4.75. The Labute approximate surface area is 134 Å². The van der Waals surface area contributed by atoms with E-state index in [1.165, 1.54) is 6.07 Å². The molecule has 0 spiro atoms. The van der Waals surface area contributed by atoms with E-state index >= 15 is 0 Å². The lowest BCUT2D eigenvalue weighted by molar-refractivity contribution is -0.142. The summed E-state index contributed by atoms with van der Waals surface area (Å²) in [7, 11) is 0. The highest BCUT2D eigenvalue weighted by Crippen LogP contribution is 2.25. The molecule has 1 atom stereocenters. The number of carbonyl (C=O) groups is 1. The van der Waals surface area contributed by atoms with Crippen LogP contribution in [0.4, 0.5) is 4.39 Å². The number of ether oxygens (including phenoxy) is 1. The summed E-state index contributed by atoms with van der Waals surface area (Å²) >= 11 is 6.08. The van der Waals surface area contributed by atoms with Gasteiger partial charge in [0.05, 0.1) is 25.8 Å². The third-order valence-electron chi connectivity index (χ3n) is 4.40. The van der Waals surface area contributed by atoms with Crippen LogP contribution in [0, 0.1) is 5.82 Å². The topological polar surface area (TPSA) is 32.8 Å². The maximum absolute atomic E-state index is 13.9. The summed E-state index contributed by atoms with van der Waals surface area (Å²) in [5, 5.41) is 0.376. The fourth-order valence-electron chi connectivity index (χ4n) is 3.18. The number of halogens is 2. The molecule has 0 bridgehead atoms. The van der Waals surface area contributed by atoms with Gasteiger partial charge in [-0.15, -0.1) is 0 Å². The van der Waals surface area contributed by atoms with E-state index in [0.717, 1.165) is 25.9 Å². The van der Waals surface area contributed by atoms with Crippen LogP contribution in [0.25, 0.3) is 0 Å². The van der Waals surface area contributed by atoms with Crippen molar-refractivity contribution in [1.82, 2.24) is 9.80 Å². The zero-order valence-electron chi connectivity index (χ0n) is 12.4. The molecule has 0 N–H and O–H groups in total. The lowest BCUT2D eigenvalue weighted by Gasteiger charge is -2.40. The molecule has 1 amide bonds. The SMILES string of the molecule is O=C1[C@H](N2CCOCC2)CCCN1Cc1c(F)cccc1Cl. The zero-order valence-corrected chi connectivity index (χ0v) is 13.2. The molecule has 1 aromatic rings. The fourth-order valence-corrected chi connectivity index (χ4v) is 3.40. The average molecular weight is 327 g/mol. The Morgan fingerprint density at radius 2 is 2.05 bits per heavy atom. The molecule has 3 rings (SSSR count). The predicted molar refractivity (Wildman–Crippen MR) is 82.2 cm³/mol. The number of carbonyl (C=O) groups excluding carboxylic acids is 1. The molecule has 0 aliphatic carbocycles. The fraction of sp³-hybridized carbons (Fsp3) is 0.562. The highest BCUT2D eigenvalue weighted by molar-refractivity contribution is 6.31. The molecule has 6 heteroatoms. The lowest BCUT2D eigenvalue weighted by Crippen LogP contribution is -2.54. The maximum Gasteiger partial charge on any atom is 0.240 e. The van der Waals surface area contributed by atoms with Crippen LogP contribution in [0.3, 0.4) is 0 Å². The van der Waals surface area contributed by atoms with Gasteiger partial charge in [-0.05, 0) is 25.0 Å². The molecule has 1 aromatic carbocycles. The number of hydrogen-bond acceptors (Lipinski definition) is 3. The van der Waals surface area contributed by atoms with Crippen LogP contribution < -0.4 is 0 Å². The van der Waals surface area contributed by atoms with E-state index in [4.69, 9.17) is 16.3 Å². The Bertz CT molecular complexity index is 529. The van der Waals surface area contributed by atoms with Crippen molar-refractivity contribution in [3.8, 4) is 0 Å². The Morgan fingerprint density at radius 3 is 2.77 bits per heavy atom. The molecular formula is C16H20ClFN2O2. The monoisotopic (exact) mass is 326 g/mol. The van der Waals surface area contributed by atoms with E-state index in [9.17, 15) is 9.18 Å². The van der Waals surface area contributed by atoms with Gasteiger partial charge in [-0.3, -0.25) is 9.69 Å². The zero-order chi connectivity index (χ0) is 15.5. The van der Waals surface area contributed by atoms with E-state index in [1.54, 1.807) is 17.0 Å². The van der Waals surface area contributed by atoms with Crippen molar-refractivity contribution in [3.05, 3.63) is 34.6 Å². The molecule has 0 aromatic heterocycles. The average Bonchev–Trinajstić information content (AvgIpc) is 2.53. The smallest absolute Gasteiger partial charge is 0.240 e. The first-order chi connectivity index (χ1) is 10.7. The summed E-state index contributed by atoms with van der Waals surface area (Å²) in [5.41, 5.74) is 0.403. The Balaban J connectivity index is 1.72. The van der Waals surface area contributed by atoms with Crippen LogP contribution in [-0.4, -0.2) is 54.6 Å². The molecule has 0 unspecified atom stereocenters. The van der Waals surface area contributed by atoms with Crippen molar-refractivity contribution in [2.24, 2.45) is 0 Å². The van der Waals surface area contributed by atoms with Crippen molar-refractivity contribution in [3.63, 3.8) is 0 Å². The summed E-state index contributed by atoms with van der Waals surface area (Å²) in [6.07, 6.45) is 1.79. The second kappa shape index (κ2) is 6.94. The van der Waals surface area contributed by atoms with Crippen molar-refractivity contribution in [1.29, 1.82) is 0 Å². The van der Waals surface area contributed by atoms with Crippen LogP contribution in [-0.2, 0) is 16.1 Å². The third kappa shape index (κ3) is 3.26. The lowest BCUT2D eigenvalue weighted by atomic mass is 10.0. The number of benzene rings is 1. The minimum atomic E-state index is -0.353. The van der Waals surface area contributed by atoms with E-state index in [0.29, 0.717) is 30.3 Å². The van der Waals surface area contributed by atoms with Gasteiger partial charge in [0.25, 0.3) is 0 Å². The number of nitrogens with zero attached hydrogens (tertiary/aromatic N) is 2. The standard InChI is InChI=1S/C16H20ClFN2O2/c17-13-3-1-4-14(18)12(13)11-20-6-2-5-15(16(20)21)19-7-9-22-10-8-19/h1,3-4,15H,2,5-11H2/t15-/m1/s1. The van der Waals surface area contributed by atoms with Crippen LogP contribution in [0.5, 0.6) is 0 Å². The van der Waals surface area contributed by atoms with Gasteiger partial charge >= 0.3 is 0 Å². The first-order valence-electron chi connectivity index (χ1n) is 7.70. The summed E-state index contributed by atoms with van der Waals surface area (Å²) in [6.45, 7) is 3.80. The molecule has 2 heterocycles. The molecule has 0 saturated carbocycles. The van der Waals surface area contributed by atoms with Gasteiger partial charge in [0.2, 0.25) is 5.91 Å². The summed E-state index contributed by atoms with van der Waals surface area (Å²) < 4.78 is 19.3. The highest BCUT2D eigenvalue weighted by Gasteiger charge is 2.34. The van der Waals surface area contributed by atoms with Crippen molar-refractivity contribution in [2.45, 2.75) is 25.4 Å². The molecule has 4 nitrogen and oxygen atoms in total. The van der Waals surface area contributed by atoms with Gasteiger partial charge in [0.1, 0.15) is 5.82 Å². The van der Waals surface area contributed by atoms with Crippen LogP contribution >= 0.6 is 11.6 Å². The van der Waals surface area contributed by atoms with Gasteiger partial charge in [-0.25, -0.2) is 4.39 Å². The van der Waals surface area contributed by atoms with Crippen molar-refractivity contribution < 1.29 is 13.9 Å². The number of rotatable bonds is 3. The molecule has 2 saturated heterocycles. The van der Waals surface area contributed by atoms with Gasteiger partial charge in [0, 0.05) is 30.2 Å². The first-order valence-corrected chi connectivity index (χ1v) is 8.08. The van der Waals surface area contributed by atoms with Gasteiger partial charge < -0.3 is 9.64 Å². The van der Waals surface area contributed by atoms with E-state index in [-0.39, 0.29) is 24.3 Å². The molecular weight excluding hydrogens is 307 g/mol.